The third kappa shape index (κ3) is 2.51. The van der Waals surface area contributed by atoms with E-state index in [-0.39, 0.29) is 5.69 Å². The number of thioether (sulfide) groups is 1. The van der Waals surface area contributed by atoms with Crippen molar-refractivity contribution < 1.29 is 9.90 Å². The summed E-state index contributed by atoms with van der Waals surface area (Å²) < 4.78 is 1.86. The van der Waals surface area contributed by atoms with E-state index in [0.717, 1.165) is 11.0 Å². The average Bonchev–Trinajstić information content (AvgIpc) is 2.68. The molecule has 0 fully saturated rings. The first kappa shape index (κ1) is 12.6. The molecule has 0 aromatic carbocycles. The number of carbonyl (C=O) groups is 1. The lowest BCUT2D eigenvalue weighted by atomic mass is 10.2. The van der Waals surface area contributed by atoms with Crippen molar-refractivity contribution in [2.75, 3.05) is 0 Å². The molecule has 0 unspecified atom stereocenters. The fourth-order valence-corrected chi connectivity index (χ4v) is 2.35. The second kappa shape index (κ2) is 5.18. The smallest absolute Gasteiger partial charge is 0.354 e. The van der Waals surface area contributed by atoms with Gasteiger partial charge in [-0.15, -0.1) is 10.2 Å². The van der Waals surface area contributed by atoms with Crippen molar-refractivity contribution in [2.24, 2.45) is 7.05 Å². The summed E-state index contributed by atoms with van der Waals surface area (Å²) in [6.07, 6.45) is 1.48. The maximum atomic E-state index is 11.0. The molecule has 0 bridgehead atoms. The highest BCUT2D eigenvalue weighted by Gasteiger charge is 2.12. The van der Waals surface area contributed by atoms with Crippen molar-refractivity contribution in [2.45, 2.75) is 17.8 Å². The summed E-state index contributed by atoms with van der Waals surface area (Å²) in [7, 11) is 1.87. The van der Waals surface area contributed by atoms with Crippen LogP contribution in [0.4, 0.5) is 0 Å². The van der Waals surface area contributed by atoms with Crippen LogP contribution in [0.25, 0.3) is 0 Å². The van der Waals surface area contributed by atoms with Gasteiger partial charge < -0.3 is 9.67 Å². The predicted molar refractivity (Wildman–Crippen MR) is 66.5 cm³/mol. The van der Waals surface area contributed by atoms with E-state index in [0.29, 0.717) is 11.3 Å². The van der Waals surface area contributed by atoms with Gasteiger partial charge in [0.1, 0.15) is 5.82 Å². The van der Waals surface area contributed by atoms with Crippen molar-refractivity contribution in [3.8, 4) is 0 Å². The van der Waals surface area contributed by atoms with E-state index < -0.39 is 5.97 Å². The molecule has 0 aliphatic heterocycles. The van der Waals surface area contributed by atoms with Crippen molar-refractivity contribution in [1.29, 1.82) is 0 Å². The van der Waals surface area contributed by atoms with Crippen LogP contribution in [0.1, 0.15) is 21.9 Å². The zero-order valence-corrected chi connectivity index (χ0v) is 10.8. The Morgan fingerprint density at radius 2 is 2.28 bits per heavy atom. The third-order valence-electron chi connectivity index (χ3n) is 2.50. The summed E-state index contributed by atoms with van der Waals surface area (Å²) >= 11 is 1.44. The number of rotatable bonds is 4. The minimum atomic E-state index is -1.01. The molecular formula is C11H12N4O2S. The summed E-state index contributed by atoms with van der Waals surface area (Å²) in [5.74, 6) is 0.309. The largest absolute Gasteiger partial charge is 0.477 e. The van der Waals surface area contributed by atoms with Crippen LogP contribution in [-0.2, 0) is 12.8 Å². The molecule has 1 N–H and O–H groups in total. The van der Waals surface area contributed by atoms with Crippen molar-refractivity contribution in [3.63, 3.8) is 0 Å². The van der Waals surface area contributed by atoms with E-state index in [1.807, 2.05) is 18.5 Å². The number of hydrogen-bond donors (Lipinski definition) is 1. The van der Waals surface area contributed by atoms with E-state index in [2.05, 4.69) is 15.2 Å². The first-order valence-corrected chi connectivity index (χ1v) is 6.24. The van der Waals surface area contributed by atoms with Crippen LogP contribution in [0.2, 0.25) is 0 Å². The summed E-state index contributed by atoms with van der Waals surface area (Å²) in [5.41, 5.74) is 0.763. The Morgan fingerprint density at radius 3 is 2.89 bits per heavy atom. The number of carboxylic acid groups (broad SMARTS) is 1. The zero-order valence-electron chi connectivity index (χ0n) is 9.99. The molecule has 2 aromatic rings. The van der Waals surface area contributed by atoms with Gasteiger partial charge in [0.05, 0.1) is 0 Å². The molecule has 0 amide bonds. The number of carboxylic acids is 1. The number of aromatic carboxylic acids is 1. The Hall–Kier alpha value is -1.89. The number of aryl methyl sites for hydroxylation is 1. The van der Waals surface area contributed by atoms with Gasteiger partial charge in [0.2, 0.25) is 0 Å². The number of hydrogen-bond acceptors (Lipinski definition) is 5. The zero-order chi connectivity index (χ0) is 13.1. The normalized spacial score (nSPS) is 10.6. The molecule has 0 saturated heterocycles. The maximum Gasteiger partial charge on any atom is 0.354 e. The molecule has 0 aliphatic carbocycles. The molecule has 7 heteroatoms. The Bertz CT molecular complexity index is 582. The lowest BCUT2D eigenvalue weighted by Crippen LogP contribution is -2.04. The Kier molecular flexibility index (Phi) is 3.61. The first-order chi connectivity index (χ1) is 8.59. The molecule has 2 aromatic heterocycles. The van der Waals surface area contributed by atoms with Gasteiger partial charge in [-0.2, -0.15) is 0 Å². The molecule has 6 nitrogen and oxygen atoms in total. The molecule has 0 saturated carbocycles. The van der Waals surface area contributed by atoms with Crippen LogP contribution in [-0.4, -0.2) is 30.8 Å². The van der Waals surface area contributed by atoms with E-state index in [4.69, 9.17) is 5.11 Å². The molecule has 2 heterocycles. The van der Waals surface area contributed by atoms with Crippen molar-refractivity contribution >= 4 is 17.7 Å². The summed E-state index contributed by atoms with van der Waals surface area (Å²) in [5, 5.41) is 17.7. The number of pyridine rings is 1. The minimum Gasteiger partial charge on any atom is -0.477 e. The molecule has 0 atom stereocenters. The van der Waals surface area contributed by atoms with Crippen LogP contribution in [0.5, 0.6) is 0 Å². The fraction of sp³-hybridized carbons (Fsp3) is 0.273. The Labute approximate surface area is 108 Å². The van der Waals surface area contributed by atoms with Gasteiger partial charge in [-0.05, 0) is 18.6 Å². The molecule has 18 heavy (non-hydrogen) atoms. The Balaban J connectivity index is 2.16. The van der Waals surface area contributed by atoms with Crippen LogP contribution >= 0.6 is 11.8 Å². The van der Waals surface area contributed by atoms with Crippen molar-refractivity contribution in [3.05, 3.63) is 35.4 Å². The van der Waals surface area contributed by atoms with Gasteiger partial charge >= 0.3 is 5.97 Å². The summed E-state index contributed by atoms with van der Waals surface area (Å²) in [4.78, 5) is 14.9. The standard InChI is InChI=1S/C11H12N4O2S/c1-7-13-14-11(15(7)2)18-6-8-4-3-5-12-9(8)10(16)17/h3-5H,6H2,1-2H3,(H,16,17). The predicted octanol–water partition coefficient (Wildman–Crippen LogP) is 1.51. The van der Waals surface area contributed by atoms with Gasteiger partial charge in [0.15, 0.2) is 10.9 Å². The van der Waals surface area contributed by atoms with E-state index in [1.165, 1.54) is 18.0 Å². The van der Waals surface area contributed by atoms with Gasteiger partial charge in [0.25, 0.3) is 0 Å². The monoisotopic (exact) mass is 264 g/mol. The quantitative estimate of drug-likeness (QED) is 0.843. The number of aromatic nitrogens is 4. The molecule has 0 radical (unpaired) electrons. The highest BCUT2D eigenvalue weighted by atomic mass is 32.2. The van der Waals surface area contributed by atoms with E-state index >= 15 is 0 Å². The van der Waals surface area contributed by atoms with Crippen LogP contribution < -0.4 is 0 Å². The second-order valence-corrected chi connectivity index (χ2v) is 4.64. The van der Waals surface area contributed by atoms with Crippen LogP contribution in [0.3, 0.4) is 0 Å². The van der Waals surface area contributed by atoms with Gasteiger partial charge in [0, 0.05) is 19.0 Å². The minimum absolute atomic E-state index is 0.0869. The molecule has 0 spiro atoms. The summed E-state index contributed by atoms with van der Waals surface area (Å²) in [6, 6.07) is 3.48. The topological polar surface area (TPSA) is 80.9 Å². The summed E-state index contributed by atoms with van der Waals surface area (Å²) in [6.45, 7) is 1.86. The molecule has 2 rings (SSSR count). The average molecular weight is 264 g/mol. The highest BCUT2D eigenvalue weighted by molar-refractivity contribution is 7.98. The molecule has 94 valence electrons. The third-order valence-corrected chi connectivity index (χ3v) is 3.57. The first-order valence-electron chi connectivity index (χ1n) is 5.25. The molecular weight excluding hydrogens is 252 g/mol. The second-order valence-electron chi connectivity index (χ2n) is 3.69. The van der Waals surface area contributed by atoms with Crippen molar-refractivity contribution in [1.82, 2.24) is 19.7 Å². The van der Waals surface area contributed by atoms with Crippen LogP contribution in [0, 0.1) is 6.92 Å². The van der Waals surface area contributed by atoms with E-state index in [1.54, 1.807) is 12.1 Å². The highest BCUT2D eigenvalue weighted by Crippen LogP contribution is 2.22. The Morgan fingerprint density at radius 1 is 1.50 bits per heavy atom. The fourth-order valence-electron chi connectivity index (χ4n) is 1.40. The van der Waals surface area contributed by atoms with Gasteiger partial charge in [-0.3, -0.25) is 0 Å². The van der Waals surface area contributed by atoms with Crippen LogP contribution in [0.15, 0.2) is 23.5 Å². The maximum absolute atomic E-state index is 11.0. The SMILES string of the molecule is Cc1nnc(SCc2cccnc2C(=O)O)n1C. The lowest BCUT2D eigenvalue weighted by molar-refractivity contribution is 0.0689. The van der Waals surface area contributed by atoms with E-state index in [9.17, 15) is 4.79 Å². The van der Waals surface area contributed by atoms with Gasteiger partial charge in [-0.25, -0.2) is 9.78 Å². The molecule has 0 aliphatic rings. The van der Waals surface area contributed by atoms with Gasteiger partial charge in [-0.1, -0.05) is 17.8 Å². The number of nitrogens with zero attached hydrogens (tertiary/aromatic N) is 4. The lowest BCUT2D eigenvalue weighted by Gasteiger charge is -2.04.